The summed E-state index contributed by atoms with van der Waals surface area (Å²) < 4.78 is 0.905. The lowest BCUT2D eigenvalue weighted by Gasteiger charge is -2.12. The van der Waals surface area contributed by atoms with Crippen LogP contribution < -0.4 is 16.4 Å². The largest absolute Gasteiger partial charge is 0.354 e. The van der Waals surface area contributed by atoms with E-state index in [0.29, 0.717) is 6.42 Å². The summed E-state index contributed by atoms with van der Waals surface area (Å²) in [5, 5.41) is 5.50. The van der Waals surface area contributed by atoms with Crippen LogP contribution in [-0.4, -0.2) is 24.4 Å². The molecule has 7 heteroatoms. The van der Waals surface area contributed by atoms with Crippen LogP contribution in [0.25, 0.3) is 0 Å². The van der Waals surface area contributed by atoms with Gasteiger partial charge in [-0.1, -0.05) is 35.3 Å². The van der Waals surface area contributed by atoms with Gasteiger partial charge in [-0.25, -0.2) is 0 Å². The third-order valence-electron chi connectivity index (χ3n) is 3.06. The molecule has 0 aliphatic heterocycles. The molecular formula is C15H23BrClN3O2. The van der Waals surface area contributed by atoms with Crippen molar-refractivity contribution in [2.75, 3.05) is 11.9 Å². The van der Waals surface area contributed by atoms with E-state index in [9.17, 15) is 9.59 Å². The normalized spacial score (nSPS) is 11.3. The third kappa shape index (κ3) is 7.24. The molecule has 124 valence electrons. The van der Waals surface area contributed by atoms with Gasteiger partial charge in [0.1, 0.15) is 0 Å². The van der Waals surface area contributed by atoms with Crippen molar-refractivity contribution in [3.05, 3.63) is 28.2 Å². The predicted molar refractivity (Wildman–Crippen MR) is 95.3 cm³/mol. The second kappa shape index (κ2) is 10.6. The van der Waals surface area contributed by atoms with E-state index in [2.05, 4.69) is 26.6 Å². The number of amides is 2. The Morgan fingerprint density at radius 1 is 1.36 bits per heavy atom. The van der Waals surface area contributed by atoms with Crippen molar-refractivity contribution < 1.29 is 9.59 Å². The van der Waals surface area contributed by atoms with E-state index in [1.807, 2.05) is 32.0 Å². The van der Waals surface area contributed by atoms with Gasteiger partial charge in [0, 0.05) is 23.1 Å². The molecule has 4 N–H and O–H groups in total. The fourth-order valence-electron chi connectivity index (χ4n) is 1.81. The number of rotatable bonds is 7. The van der Waals surface area contributed by atoms with Crippen LogP contribution in [0.4, 0.5) is 5.69 Å². The molecule has 2 amide bonds. The van der Waals surface area contributed by atoms with Gasteiger partial charge in [-0.3, -0.25) is 9.59 Å². The second-order valence-corrected chi connectivity index (χ2v) is 5.86. The fraction of sp³-hybridized carbons (Fsp3) is 0.467. The Morgan fingerprint density at radius 2 is 2.05 bits per heavy atom. The number of hydrogen-bond donors (Lipinski definition) is 3. The van der Waals surface area contributed by atoms with Crippen molar-refractivity contribution in [1.29, 1.82) is 0 Å². The molecule has 1 atom stereocenters. The molecule has 1 aromatic carbocycles. The lowest BCUT2D eigenvalue weighted by Crippen LogP contribution is -2.41. The minimum atomic E-state index is -0.495. The molecule has 0 aromatic heterocycles. The zero-order valence-electron chi connectivity index (χ0n) is 12.8. The van der Waals surface area contributed by atoms with E-state index >= 15 is 0 Å². The van der Waals surface area contributed by atoms with E-state index in [-0.39, 0.29) is 37.2 Å². The predicted octanol–water partition coefficient (Wildman–Crippen LogP) is 2.75. The van der Waals surface area contributed by atoms with Gasteiger partial charge in [-0.2, -0.15) is 0 Å². The Morgan fingerprint density at radius 3 is 2.68 bits per heavy atom. The Bertz CT molecular complexity index is 512. The molecule has 0 heterocycles. The van der Waals surface area contributed by atoms with Crippen LogP contribution in [0.3, 0.4) is 0 Å². The zero-order chi connectivity index (χ0) is 15.8. The molecule has 1 rings (SSSR count). The third-order valence-corrected chi connectivity index (χ3v) is 3.55. The number of halogens is 2. The number of carbonyl (C=O) groups excluding carboxylic acids is 2. The van der Waals surface area contributed by atoms with Crippen molar-refractivity contribution in [2.24, 2.45) is 5.73 Å². The standard InChI is InChI=1S/C15H22BrN3O2.ClH/c1-3-4-12(17)15(21)18-8-7-14(20)19-13-9-11(16)6-5-10(13)2;/h5-6,9,12H,3-4,7-8,17H2,1-2H3,(H,18,21)(H,19,20);1H. The van der Waals surface area contributed by atoms with Crippen molar-refractivity contribution in [3.63, 3.8) is 0 Å². The Labute approximate surface area is 145 Å². The first-order chi connectivity index (χ1) is 9.93. The molecule has 1 aromatic rings. The molecule has 22 heavy (non-hydrogen) atoms. The first kappa shape index (κ1) is 20.9. The van der Waals surface area contributed by atoms with Gasteiger partial charge in [0.25, 0.3) is 0 Å². The molecule has 0 spiro atoms. The van der Waals surface area contributed by atoms with Gasteiger partial charge < -0.3 is 16.4 Å². The maximum atomic E-state index is 11.8. The molecular weight excluding hydrogens is 370 g/mol. The topological polar surface area (TPSA) is 84.2 Å². The van der Waals surface area contributed by atoms with E-state index in [1.54, 1.807) is 0 Å². The number of carbonyl (C=O) groups is 2. The number of aryl methyl sites for hydroxylation is 1. The summed E-state index contributed by atoms with van der Waals surface area (Å²) in [6.07, 6.45) is 1.73. The summed E-state index contributed by atoms with van der Waals surface area (Å²) in [7, 11) is 0. The molecule has 0 bridgehead atoms. The minimum Gasteiger partial charge on any atom is -0.354 e. The maximum Gasteiger partial charge on any atom is 0.236 e. The highest BCUT2D eigenvalue weighted by Gasteiger charge is 2.12. The number of nitrogens with one attached hydrogen (secondary N) is 2. The second-order valence-electron chi connectivity index (χ2n) is 4.94. The number of anilines is 1. The SMILES string of the molecule is CCCC(N)C(=O)NCCC(=O)Nc1cc(Br)ccc1C.Cl. The average molecular weight is 393 g/mol. The Balaban J connectivity index is 0.00000441. The molecule has 0 saturated carbocycles. The smallest absolute Gasteiger partial charge is 0.236 e. The molecule has 1 unspecified atom stereocenters. The highest BCUT2D eigenvalue weighted by Crippen LogP contribution is 2.20. The molecule has 0 saturated heterocycles. The number of hydrogen-bond acceptors (Lipinski definition) is 3. The van der Waals surface area contributed by atoms with Gasteiger partial charge in [-0.05, 0) is 31.0 Å². The highest BCUT2D eigenvalue weighted by atomic mass is 79.9. The van der Waals surface area contributed by atoms with Crippen LogP contribution in [-0.2, 0) is 9.59 Å². The van der Waals surface area contributed by atoms with E-state index in [1.165, 1.54) is 0 Å². The van der Waals surface area contributed by atoms with Crippen LogP contribution in [0.15, 0.2) is 22.7 Å². The lowest BCUT2D eigenvalue weighted by molar-refractivity contribution is -0.122. The Hall–Kier alpha value is -1.11. The van der Waals surface area contributed by atoms with Crippen LogP contribution in [0.2, 0.25) is 0 Å². The first-order valence-electron chi connectivity index (χ1n) is 7.03. The lowest BCUT2D eigenvalue weighted by atomic mass is 10.1. The Kier molecular flexibility index (Phi) is 10.1. The first-order valence-corrected chi connectivity index (χ1v) is 7.82. The van der Waals surface area contributed by atoms with Crippen LogP contribution in [0.5, 0.6) is 0 Å². The van der Waals surface area contributed by atoms with Crippen molar-refractivity contribution in [2.45, 2.75) is 39.2 Å². The van der Waals surface area contributed by atoms with Gasteiger partial charge >= 0.3 is 0 Å². The van der Waals surface area contributed by atoms with Gasteiger partial charge in [-0.15, -0.1) is 12.4 Å². The van der Waals surface area contributed by atoms with Crippen LogP contribution in [0.1, 0.15) is 31.7 Å². The highest BCUT2D eigenvalue weighted by molar-refractivity contribution is 9.10. The molecule has 0 fully saturated rings. The summed E-state index contributed by atoms with van der Waals surface area (Å²) >= 11 is 3.37. The molecule has 0 aliphatic carbocycles. The van der Waals surface area contributed by atoms with Crippen molar-refractivity contribution >= 4 is 45.8 Å². The number of nitrogens with two attached hydrogens (primary N) is 1. The zero-order valence-corrected chi connectivity index (χ0v) is 15.2. The van der Waals surface area contributed by atoms with E-state index in [0.717, 1.165) is 22.1 Å². The van der Waals surface area contributed by atoms with E-state index in [4.69, 9.17) is 5.73 Å². The molecule has 5 nitrogen and oxygen atoms in total. The minimum absolute atomic E-state index is 0. The molecule has 0 radical (unpaired) electrons. The van der Waals surface area contributed by atoms with Crippen LogP contribution in [0, 0.1) is 6.92 Å². The van der Waals surface area contributed by atoms with Crippen molar-refractivity contribution in [3.8, 4) is 0 Å². The van der Waals surface area contributed by atoms with Crippen LogP contribution >= 0.6 is 28.3 Å². The molecule has 0 aliphatic rings. The fourth-order valence-corrected chi connectivity index (χ4v) is 2.18. The number of benzene rings is 1. The summed E-state index contributed by atoms with van der Waals surface area (Å²) in [4.78, 5) is 23.4. The van der Waals surface area contributed by atoms with Gasteiger partial charge in [0.05, 0.1) is 6.04 Å². The van der Waals surface area contributed by atoms with Crippen molar-refractivity contribution in [1.82, 2.24) is 5.32 Å². The monoisotopic (exact) mass is 391 g/mol. The summed E-state index contributed by atoms with van der Waals surface area (Å²) in [6, 6.07) is 5.19. The van der Waals surface area contributed by atoms with Gasteiger partial charge in [0.15, 0.2) is 0 Å². The maximum absolute atomic E-state index is 11.8. The average Bonchev–Trinajstić information content (AvgIpc) is 2.43. The summed E-state index contributed by atoms with van der Waals surface area (Å²) in [5.74, 6) is -0.344. The van der Waals surface area contributed by atoms with Gasteiger partial charge in [0.2, 0.25) is 11.8 Å². The summed E-state index contributed by atoms with van der Waals surface area (Å²) in [6.45, 7) is 4.18. The van der Waals surface area contributed by atoms with E-state index < -0.39 is 6.04 Å². The summed E-state index contributed by atoms with van der Waals surface area (Å²) in [5.41, 5.74) is 7.44. The quantitative estimate of drug-likeness (QED) is 0.667.